The number of benzene rings is 1. The first kappa shape index (κ1) is 12.1. The van der Waals surface area contributed by atoms with Crippen molar-refractivity contribution in [3.8, 4) is 11.1 Å². The second-order valence-electron chi connectivity index (χ2n) is 5.03. The number of aliphatic hydroxyl groups is 1. The van der Waals surface area contributed by atoms with E-state index in [0.29, 0.717) is 12.5 Å². The van der Waals surface area contributed by atoms with E-state index in [1.807, 2.05) is 23.4 Å². The van der Waals surface area contributed by atoms with Crippen LogP contribution in [0.3, 0.4) is 0 Å². The molecule has 4 heteroatoms. The van der Waals surface area contributed by atoms with Gasteiger partial charge >= 0.3 is 0 Å². The van der Waals surface area contributed by atoms with Crippen LogP contribution in [0.2, 0.25) is 0 Å². The van der Waals surface area contributed by atoms with Crippen molar-refractivity contribution in [2.75, 3.05) is 18.0 Å². The first-order valence-corrected chi connectivity index (χ1v) is 6.54. The Hall–Kier alpha value is -1.94. The van der Waals surface area contributed by atoms with Gasteiger partial charge in [-0.05, 0) is 18.9 Å². The highest BCUT2D eigenvalue weighted by atomic mass is 16.3. The summed E-state index contributed by atoms with van der Waals surface area (Å²) in [6, 6.07) is 8.29. The molecule has 0 bridgehead atoms. The summed E-state index contributed by atoms with van der Waals surface area (Å²) in [5, 5.41) is 9.53. The van der Waals surface area contributed by atoms with Gasteiger partial charge in [-0.25, -0.2) is 9.97 Å². The van der Waals surface area contributed by atoms with Crippen molar-refractivity contribution >= 4 is 5.95 Å². The predicted octanol–water partition coefficient (Wildman–Crippen LogP) is 2.02. The standard InChI is InChI=1S/C15H17N3O/c1-11-3-2-4-12(7-11)13-8-16-15(17-9-13)18-6-5-14(19)10-18/h2-4,7-9,14,19H,5-6,10H2,1H3. The van der Waals surface area contributed by atoms with Crippen LogP contribution in [-0.4, -0.2) is 34.3 Å². The van der Waals surface area contributed by atoms with Gasteiger partial charge in [0.05, 0.1) is 6.10 Å². The number of aryl methyl sites for hydroxylation is 1. The lowest BCUT2D eigenvalue weighted by atomic mass is 10.1. The zero-order chi connectivity index (χ0) is 13.2. The van der Waals surface area contributed by atoms with E-state index in [2.05, 4.69) is 35.1 Å². The number of anilines is 1. The summed E-state index contributed by atoms with van der Waals surface area (Å²) in [4.78, 5) is 10.8. The molecular weight excluding hydrogens is 238 g/mol. The van der Waals surface area contributed by atoms with Gasteiger partial charge in [0.2, 0.25) is 5.95 Å². The Balaban J connectivity index is 1.83. The Morgan fingerprint density at radius 1 is 1.21 bits per heavy atom. The van der Waals surface area contributed by atoms with Crippen LogP contribution < -0.4 is 4.90 Å². The molecule has 0 aliphatic carbocycles. The van der Waals surface area contributed by atoms with Crippen LogP contribution >= 0.6 is 0 Å². The van der Waals surface area contributed by atoms with E-state index in [1.165, 1.54) is 5.56 Å². The topological polar surface area (TPSA) is 49.2 Å². The van der Waals surface area contributed by atoms with E-state index in [9.17, 15) is 5.11 Å². The summed E-state index contributed by atoms with van der Waals surface area (Å²) >= 11 is 0. The monoisotopic (exact) mass is 255 g/mol. The lowest BCUT2D eigenvalue weighted by Crippen LogP contribution is -2.23. The molecule has 98 valence electrons. The predicted molar refractivity (Wildman–Crippen MR) is 75.0 cm³/mol. The molecule has 1 aliphatic heterocycles. The molecule has 1 aromatic heterocycles. The number of hydrogen-bond donors (Lipinski definition) is 1. The maximum absolute atomic E-state index is 9.53. The second kappa shape index (κ2) is 4.97. The minimum atomic E-state index is -0.250. The highest BCUT2D eigenvalue weighted by Gasteiger charge is 2.22. The van der Waals surface area contributed by atoms with Gasteiger partial charge in [0, 0.05) is 31.0 Å². The third-order valence-corrected chi connectivity index (χ3v) is 3.44. The van der Waals surface area contributed by atoms with Crippen molar-refractivity contribution in [3.63, 3.8) is 0 Å². The van der Waals surface area contributed by atoms with Gasteiger partial charge in [-0.1, -0.05) is 29.8 Å². The van der Waals surface area contributed by atoms with Gasteiger partial charge in [-0.2, -0.15) is 0 Å². The Kier molecular flexibility index (Phi) is 3.17. The van der Waals surface area contributed by atoms with Crippen LogP contribution in [-0.2, 0) is 0 Å². The van der Waals surface area contributed by atoms with Crippen molar-refractivity contribution < 1.29 is 5.11 Å². The number of aliphatic hydroxyl groups excluding tert-OH is 1. The Morgan fingerprint density at radius 2 is 2.00 bits per heavy atom. The number of nitrogens with zero attached hydrogens (tertiary/aromatic N) is 3. The van der Waals surface area contributed by atoms with Crippen LogP contribution in [0.1, 0.15) is 12.0 Å². The fourth-order valence-corrected chi connectivity index (χ4v) is 2.38. The molecule has 0 saturated carbocycles. The van der Waals surface area contributed by atoms with Crippen molar-refractivity contribution in [1.82, 2.24) is 9.97 Å². The second-order valence-corrected chi connectivity index (χ2v) is 5.03. The summed E-state index contributed by atoms with van der Waals surface area (Å²) < 4.78 is 0. The van der Waals surface area contributed by atoms with Gasteiger partial charge in [-0.15, -0.1) is 0 Å². The lowest BCUT2D eigenvalue weighted by molar-refractivity contribution is 0.198. The third kappa shape index (κ3) is 2.58. The molecule has 0 amide bonds. The molecule has 1 aromatic carbocycles. The minimum absolute atomic E-state index is 0.250. The molecule has 1 unspecified atom stereocenters. The maximum Gasteiger partial charge on any atom is 0.225 e. The van der Waals surface area contributed by atoms with Crippen LogP contribution in [0.5, 0.6) is 0 Å². The molecular formula is C15H17N3O. The molecule has 2 aromatic rings. The first-order valence-electron chi connectivity index (χ1n) is 6.54. The molecule has 0 radical (unpaired) electrons. The average molecular weight is 255 g/mol. The van der Waals surface area contributed by atoms with Gasteiger partial charge in [0.1, 0.15) is 0 Å². The molecule has 1 N–H and O–H groups in total. The molecule has 1 atom stereocenters. The molecule has 0 spiro atoms. The summed E-state index contributed by atoms with van der Waals surface area (Å²) in [5.74, 6) is 0.702. The van der Waals surface area contributed by atoms with E-state index in [-0.39, 0.29) is 6.10 Å². The van der Waals surface area contributed by atoms with E-state index in [1.54, 1.807) is 0 Å². The summed E-state index contributed by atoms with van der Waals surface area (Å²) in [6.45, 7) is 3.53. The molecule has 19 heavy (non-hydrogen) atoms. The van der Waals surface area contributed by atoms with Crippen LogP contribution in [0.4, 0.5) is 5.95 Å². The Morgan fingerprint density at radius 3 is 2.63 bits per heavy atom. The zero-order valence-electron chi connectivity index (χ0n) is 11.0. The fourth-order valence-electron chi connectivity index (χ4n) is 2.38. The molecule has 1 aliphatic rings. The van der Waals surface area contributed by atoms with Crippen molar-refractivity contribution in [2.24, 2.45) is 0 Å². The number of rotatable bonds is 2. The molecule has 1 saturated heterocycles. The van der Waals surface area contributed by atoms with E-state index >= 15 is 0 Å². The third-order valence-electron chi connectivity index (χ3n) is 3.44. The summed E-state index contributed by atoms with van der Waals surface area (Å²) in [6.07, 6.45) is 4.24. The Bertz CT molecular complexity index is 568. The minimum Gasteiger partial charge on any atom is -0.391 e. The fraction of sp³-hybridized carbons (Fsp3) is 0.333. The van der Waals surface area contributed by atoms with Crippen molar-refractivity contribution in [2.45, 2.75) is 19.4 Å². The van der Waals surface area contributed by atoms with Crippen LogP contribution in [0.25, 0.3) is 11.1 Å². The van der Waals surface area contributed by atoms with Gasteiger partial charge in [0.25, 0.3) is 0 Å². The van der Waals surface area contributed by atoms with E-state index in [0.717, 1.165) is 24.1 Å². The molecule has 3 rings (SSSR count). The number of hydrogen-bond acceptors (Lipinski definition) is 4. The smallest absolute Gasteiger partial charge is 0.225 e. The first-order chi connectivity index (χ1) is 9.22. The van der Waals surface area contributed by atoms with Gasteiger partial charge in [-0.3, -0.25) is 0 Å². The van der Waals surface area contributed by atoms with Crippen molar-refractivity contribution in [1.29, 1.82) is 0 Å². The zero-order valence-corrected chi connectivity index (χ0v) is 11.0. The van der Waals surface area contributed by atoms with E-state index < -0.39 is 0 Å². The average Bonchev–Trinajstić information content (AvgIpc) is 2.86. The number of aromatic nitrogens is 2. The van der Waals surface area contributed by atoms with Gasteiger partial charge in [0.15, 0.2) is 0 Å². The molecule has 4 nitrogen and oxygen atoms in total. The quantitative estimate of drug-likeness (QED) is 0.892. The highest BCUT2D eigenvalue weighted by Crippen LogP contribution is 2.21. The van der Waals surface area contributed by atoms with Crippen LogP contribution in [0.15, 0.2) is 36.7 Å². The molecule has 2 heterocycles. The number of β-amino-alcohol motifs (C(OH)–C–C–N with tert-alkyl or cyclic N) is 1. The Labute approximate surface area is 112 Å². The maximum atomic E-state index is 9.53. The van der Waals surface area contributed by atoms with Crippen LogP contribution in [0, 0.1) is 6.92 Å². The van der Waals surface area contributed by atoms with Gasteiger partial charge < -0.3 is 10.0 Å². The van der Waals surface area contributed by atoms with Crippen molar-refractivity contribution in [3.05, 3.63) is 42.2 Å². The van der Waals surface area contributed by atoms with E-state index in [4.69, 9.17) is 0 Å². The summed E-state index contributed by atoms with van der Waals surface area (Å²) in [7, 11) is 0. The summed E-state index contributed by atoms with van der Waals surface area (Å²) in [5.41, 5.74) is 3.38. The normalized spacial score (nSPS) is 18.8. The lowest BCUT2D eigenvalue weighted by Gasteiger charge is -2.15. The highest BCUT2D eigenvalue weighted by molar-refractivity contribution is 5.62. The SMILES string of the molecule is Cc1cccc(-c2cnc(N3CCC(O)C3)nc2)c1. The largest absolute Gasteiger partial charge is 0.391 e. The molecule has 1 fully saturated rings.